The van der Waals surface area contributed by atoms with Crippen molar-refractivity contribution in [2.45, 2.75) is 19.8 Å². The molecular weight excluding hydrogens is 439 g/mol. The quantitative estimate of drug-likeness (QED) is 0.395. The molecule has 0 saturated heterocycles. The molecule has 0 unspecified atom stereocenters. The Labute approximate surface area is 182 Å². The number of amides is 1. The van der Waals surface area contributed by atoms with Crippen molar-refractivity contribution < 1.29 is 9.53 Å². The molecule has 0 radical (unpaired) electrons. The van der Waals surface area contributed by atoms with Crippen molar-refractivity contribution in [3.63, 3.8) is 0 Å². The Morgan fingerprint density at radius 1 is 1.14 bits per heavy atom. The van der Waals surface area contributed by atoms with Crippen molar-refractivity contribution in [1.29, 1.82) is 0 Å². The van der Waals surface area contributed by atoms with Crippen LogP contribution in [0.3, 0.4) is 0 Å². The van der Waals surface area contributed by atoms with Gasteiger partial charge in [-0.25, -0.2) is 4.98 Å². The predicted molar refractivity (Wildman–Crippen MR) is 117 cm³/mol. The van der Waals surface area contributed by atoms with E-state index < -0.39 is 0 Å². The monoisotopic (exact) mass is 454 g/mol. The first-order valence-corrected chi connectivity index (χ1v) is 10.5. The van der Waals surface area contributed by atoms with Crippen molar-refractivity contribution in [2.75, 3.05) is 11.9 Å². The molecule has 2 aromatic carbocycles. The molecule has 1 aromatic heterocycles. The third-order valence-corrected chi connectivity index (χ3v) is 5.63. The molecule has 3 aromatic rings. The molecule has 3 rings (SSSR count). The van der Waals surface area contributed by atoms with Crippen LogP contribution in [0.25, 0.3) is 11.3 Å². The molecule has 28 heavy (non-hydrogen) atoms. The van der Waals surface area contributed by atoms with Gasteiger partial charge in [0, 0.05) is 27.4 Å². The minimum Gasteiger partial charge on any atom is -0.494 e. The van der Waals surface area contributed by atoms with E-state index in [1.807, 2.05) is 24.4 Å². The third-order valence-electron chi connectivity index (χ3n) is 3.90. The Morgan fingerprint density at radius 2 is 1.96 bits per heavy atom. The summed E-state index contributed by atoms with van der Waals surface area (Å²) in [6.45, 7) is 2.36. The number of nitrogens with one attached hydrogen (secondary N) is 1. The van der Waals surface area contributed by atoms with Gasteiger partial charge in [-0.2, -0.15) is 0 Å². The number of carbonyl (C=O) groups excluding carboxylic acids is 1. The first-order chi connectivity index (χ1) is 13.4. The smallest absolute Gasteiger partial charge is 0.226 e. The molecule has 1 amide bonds. The van der Waals surface area contributed by atoms with Crippen LogP contribution in [0.4, 0.5) is 5.13 Å². The summed E-state index contributed by atoms with van der Waals surface area (Å²) in [4.78, 5) is 16.5. The maximum Gasteiger partial charge on any atom is 0.226 e. The number of thiazole rings is 1. The fourth-order valence-corrected chi connectivity index (χ4v) is 3.81. The number of aromatic nitrogens is 1. The van der Waals surface area contributed by atoms with Gasteiger partial charge in [0.2, 0.25) is 5.91 Å². The lowest BCUT2D eigenvalue weighted by Crippen LogP contribution is -2.12. The lowest BCUT2D eigenvalue weighted by molar-refractivity contribution is -0.116. The second-order valence-electron chi connectivity index (χ2n) is 6.07. The zero-order valence-corrected chi connectivity index (χ0v) is 18.1. The Hall–Kier alpha value is -1.79. The van der Waals surface area contributed by atoms with E-state index in [1.54, 1.807) is 24.3 Å². The fraction of sp³-hybridized carbons (Fsp3) is 0.200. The Kier molecular flexibility index (Phi) is 7.18. The van der Waals surface area contributed by atoms with Crippen LogP contribution < -0.4 is 10.1 Å². The van der Waals surface area contributed by atoms with Gasteiger partial charge in [-0.05, 0) is 55.3 Å². The highest BCUT2D eigenvalue weighted by atomic mass is 35.5. The number of aryl methyl sites for hydroxylation is 1. The van der Waals surface area contributed by atoms with Crippen LogP contribution in [0, 0.1) is 6.92 Å². The topological polar surface area (TPSA) is 51.2 Å². The van der Waals surface area contributed by atoms with E-state index in [4.69, 9.17) is 39.5 Å². The maximum atomic E-state index is 12.1. The number of hydrogen-bond acceptors (Lipinski definition) is 4. The van der Waals surface area contributed by atoms with Crippen molar-refractivity contribution in [2.24, 2.45) is 0 Å². The van der Waals surface area contributed by atoms with E-state index in [9.17, 15) is 4.79 Å². The SMILES string of the molecule is Cc1cc(OCCCC(=O)Nc2nc(-c3ccc(Cl)cc3Cl)cs2)ccc1Cl. The summed E-state index contributed by atoms with van der Waals surface area (Å²) in [5, 5.41) is 6.96. The van der Waals surface area contributed by atoms with Crippen LogP contribution in [0.1, 0.15) is 18.4 Å². The molecule has 0 spiro atoms. The standard InChI is InChI=1S/C20H17Cl3N2O2S/c1-12-9-14(5-7-16(12)22)27-8-2-3-19(26)25-20-24-18(11-28-20)15-6-4-13(21)10-17(15)23/h4-7,9-11H,2-3,8H2,1H3,(H,24,25,26). The minimum atomic E-state index is -0.112. The van der Waals surface area contributed by atoms with E-state index in [2.05, 4.69) is 10.3 Å². The second kappa shape index (κ2) is 9.61. The first-order valence-electron chi connectivity index (χ1n) is 8.52. The Bertz CT molecular complexity index is 991. The van der Waals surface area contributed by atoms with Crippen molar-refractivity contribution in [3.8, 4) is 17.0 Å². The second-order valence-corrected chi connectivity index (χ2v) is 8.18. The van der Waals surface area contributed by atoms with E-state index in [1.165, 1.54) is 11.3 Å². The highest BCUT2D eigenvalue weighted by Gasteiger charge is 2.11. The van der Waals surface area contributed by atoms with Crippen LogP contribution in [0.5, 0.6) is 5.75 Å². The summed E-state index contributed by atoms with van der Waals surface area (Å²) < 4.78 is 5.65. The number of benzene rings is 2. The molecule has 146 valence electrons. The summed E-state index contributed by atoms with van der Waals surface area (Å²) >= 11 is 19.5. The van der Waals surface area contributed by atoms with Crippen LogP contribution in [0.2, 0.25) is 15.1 Å². The molecule has 0 aliphatic heterocycles. The number of rotatable bonds is 7. The van der Waals surface area contributed by atoms with E-state index >= 15 is 0 Å². The molecule has 1 N–H and O–H groups in total. The largest absolute Gasteiger partial charge is 0.494 e. The van der Waals surface area contributed by atoms with Gasteiger partial charge in [-0.15, -0.1) is 11.3 Å². The highest BCUT2D eigenvalue weighted by Crippen LogP contribution is 2.32. The Balaban J connectivity index is 1.47. The fourth-order valence-electron chi connectivity index (χ4n) is 2.46. The van der Waals surface area contributed by atoms with Gasteiger partial charge < -0.3 is 10.1 Å². The van der Waals surface area contributed by atoms with Crippen LogP contribution in [-0.4, -0.2) is 17.5 Å². The highest BCUT2D eigenvalue weighted by molar-refractivity contribution is 7.14. The molecular formula is C20H17Cl3N2O2S. The van der Waals surface area contributed by atoms with Gasteiger partial charge in [0.25, 0.3) is 0 Å². The van der Waals surface area contributed by atoms with E-state index in [0.29, 0.717) is 45.3 Å². The predicted octanol–water partition coefficient (Wildman–Crippen LogP) is 6.88. The summed E-state index contributed by atoms with van der Waals surface area (Å²) in [6.07, 6.45) is 0.929. The summed E-state index contributed by atoms with van der Waals surface area (Å²) in [5.74, 6) is 0.630. The molecule has 0 aliphatic rings. The van der Waals surface area contributed by atoms with Crippen molar-refractivity contribution in [1.82, 2.24) is 4.98 Å². The molecule has 0 saturated carbocycles. The van der Waals surface area contributed by atoms with Crippen LogP contribution in [0.15, 0.2) is 41.8 Å². The zero-order chi connectivity index (χ0) is 20.1. The van der Waals surface area contributed by atoms with E-state index in [0.717, 1.165) is 16.9 Å². The molecule has 4 nitrogen and oxygen atoms in total. The Morgan fingerprint density at radius 3 is 2.71 bits per heavy atom. The summed E-state index contributed by atoms with van der Waals surface area (Å²) in [6, 6.07) is 10.7. The number of hydrogen-bond donors (Lipinski definition) is 1. The summed E-state index contributed by atoms with van der Waals surface area (Å²) in [7, 11) is 0. The molecule has 0 atom stereocenters. The number of anilines is 1. The van der Waals surface area contributed by atoms with Gasteiger partial charge >= 0.3 is 0 Å². The van der Waals surface area contributed by atoms with Gasteiger partial charge in [-0.1, -0.05) is 34.8 Å². The van der Waals surface area contributed by atoms with Crippen molar-refractivity contribution >= 4 is 57.2 Å². The van der Waals surface area contributed by atoms with Crippen LogP contribution >= 0.6 is 46.1 Å². The zero-order valence-electron chi connectivity index (χ0n) is 15.0. The minimum absolute atomic E-state index is 0.112. The lowest BCUT2D eigenvalue weighted by atomic mass is 10.2. The molecule has 0 bridgehead atoms. The first kappa shape index (κ1) is 20.9. The molecule has 0 aliphatic carbocycles. The number of halogens is 3. The average molecular weight is 456 g/mol. The van der Waals surface area contributed by atoms with E-state index in [-0.39, 0.29) is 5.91 Å². The maximum absolute atomic E-state index is 12.1. The van der Waals surface area contributed by atoms with Crippen LogP contribution in [-0.2, 0) is 4.79 Å². The summed E-state index contributed by atoms with van der Waals surface area (Å²) in [5.41, 5.74) is 2.43. The third kappa shape index (κ3) is 5.61. The van der Waals surface area contributed by atoms with Crippen molar-refractivity contribution in [3.05, 3.63) is 62.4 Å². The number of carbonyl (C=O) groups is 1. The van der Waals surface area contributed by atoms with Gasteiger partial charge in [0.05, 0.1) is 17.3 Å². The molecule has 0 fully saturated rings. The normalized spacial score (nSPS) is 10.7. The average Bonchev–Trinajstić information content (AvgIpc) is 3.09. The lowest BCUT2D eigenvalue weighted by Gasteiger charge is -2.07. The number of nitrogens with zero attached hydrogens (tertiary/aromatic N) is 1. The molecule has 1 heterocycles. The molecule has 8 heteroatoms. The van der Waals surface area contributed by atoms with Gasteiger partial charge in [0.1, 0.15) is 5.75 Å². The number of ether oxygens (including phenoxy) is 1. The van der Waals surface area contributed by atoms with Gasteiger partial charge in [-0.3, -0.25) is 4.79 Å². The van der Waals surface area contributed by atoms with Gasteiger partial charge in [0.15, 0.2) is 5.13 Å².